The van der Waals surface area contributed by atoms with Gasteiger partial charge in [-0.05, 0) is 61.8 Å². The molecule has 2 aromatic carbocycles. The first-order chi connectivity index (χ1) is 14.2. The van der Waals surface area contributed by atoms with Crippen molar-refractivity contribution in [2.45, 2.75) is 18.9 Å². The summed E-state index contributed by atoms with van der Waals surface area (Å²) in [6.07, 6.45) is 2.44. The zero-order valence-electron chi connectivity index (χ0n) is 17.4. The zero-order valence-corrected chi connectivity index (χ0v) is 17.4. The van der Waals surface area contributed by atoms with E-state index in [-0.39, 0.29) is 18.4 Å². The second kappa shape index (κ2) is 10.3. The van der Waals surface area contributed by atoms with Crippen molar-refractivity contribution < 1.29 is 19.0 Å². The number of likely N-dealkylation sites (tertiary alicyclic amines) is 1. The normalized spacial score (nSPS) is 15.1. The highest BCUT2D eigenvalue weighted by molar-refractivity contribution is 5.98. The van der Waals surface area contributed by atoms with E-state index in [0.29, 0.717) is 23.6 Å². The number of Topliss-reactive ketones (excluding diaryl/α,β-unsaturated/α-hetero) is 1. The van der Waals surface area contributed by atoms with Gasteiger partial charge < -0.3 is 19.5 Å². The molecular formula is C23H30N2O4. The van der Waals surface area contributed by atoms with Gasteiger partial charge in [-0.1, -0.05) is 12.1 Å². The highest BCUT2D eigenvalue weighted by Gasteiger charge is 2.23. The fourth-order valence-corrected chi connectivity index (χ4v) is 3.77. The van der Waals surface area contributed by atoms with Gasteiger partial charge in [0.15, 0.2) is 17.3 Å². The lowest BCUT2D eigenvalue weighted by atomic mass is 10.0. The van der Waals surface area contributed by atoms with Crippen LogP contribution in [0.25, 0.3) is 0 Å². The second-order valence-electron chi connectivity index (χ2n) is 7.16. The molecule has 0 bridgehead atoms. The Morgan fingerprint density at radius 2 is 1.66 bits per heavy atom. The number of rotatable bonds is 10. The van der Waals surface area contributed by atoms with Gasteiger partial charge >= 0.3 is 0 Å². The van der Waals surface area contributed by atoms with Crippen molar-refractivity contribution in [2.24, 2.45) is 0 Å². The minimum Gasteiger partial charge on any atom is -0.497 e. The van der Waals surface area contributed by atoms with Crippen LogP contribution in [0.5, 0.6) is 17.2 Å². The molecule has 0 aliphatic carbocycles. The number of ketones is 1. The van der Waals surface area contributed by atoms with E-state index in [1.54, 1.807) is 39.5 Å². The molecule has 0 aromatic heterocycles. The molecule has 6 heteroatoms. The van der Waals surface area contributed by atoms with Crippen LogP contribution in [0.3, 0.4) is 0 Å². The van der Waals surface area contributed by atoms with Gasteiger partial charge in [-0.15, -0.1) is 0 Å². The molecule has 1 aliphatic rings. The van der Waals surface area contributed by atoms with Gasteiger partial charge in [-0.2, -0.15) is 0 Å². The Balaban J connectivity index is 1.64. The predicted octanol–water partition coefficient (Wildman–Crippen LogP) is 3.32. The van der Waals surface area contributed by atoms with Gasteiger partial charge in [-0.3, -0.25) is 9.69 Å². The second-order valence-corrected chi connectivity index (χ2v) is 7.16. The van der Waals surface area contributed by atoms with Gasteiger partial charge in [0.25, 0.3) is 0 Å². The molecular weight excluding hydrogens is 368 g/mol. The van der Waals surface area contributed by atoms with Gasteiger partial charge in [0.1, 0.15) is 5.75 Å². The molecule has 2 aromatic rings. The van der Waals surface area contributed by atoms with Crippen molar-refractivity contribution >= 4 is 5.78 Å². The molecule has 1 unspecified atom stereocenters. The van der Waals surface area contributed by atoms with Crippen LogP contribution in [0, 0.1) is 0 Å². The van der Waals surface area contributed by atoms with Crippen molar-refractivity contribution in [3.8, 4) is 17.2 Å². The molecule has 1 fully saturated rings. The number of hydrogen-bond donors (Lipinski definition) is 1. The fraction of sp³-hybridized carbons (Fsp3) is 0.435. The molecule has 1 atom stereocenters. The topological polar surface area (TPSA) is 60.0 Å². The molecule has 3 rings (SSSR count). The lowest BCUT2D eigenvalue weighted by molar-refractivity contribution is 0.0987. The fourth-order valence-electron chi connectivity index (χ4n) is 3.77. The van der Waals surface area contributed by atoms with Crippen molar-refractivity contribution in [2.75, 3.05) is 47.5 Å². The van der Waals surface area contributed by atoms with Crippen molar-refractivity contribution in [1.82, 2.24) is 10.2 Å². The van der Waals surface area contributed by atoms with Crippen LogP contribution in [0.4, 0.5) is 0 Å². The Kier molecular flexibility index (Phi) is 7.49. The Morgan fingerprint density at radius 1 is 0.966 bits per heavy atom. The first-order valence-corrected chi connectivity index (χ1v) is 10.00. The van der Waals surface area contributed by atoms with E-state index in [1.165, 1.54) is 18.4 Å². The van der Waals surface area contributed by atoms with Crippen LogP contribution in [0.1, 0.15) is 34.8 Å². The first kappa shape index (κ1) is 21.1. The maximum Gasteiger partial charge on any atom is 0.176 e. The Hall–Kier alpha value is -2.57. The SMILES string of the molecule is COc1ccc(C(CNCC(=O)c2ccc(OC)c(OC)c2)N2CCCC2)cc1. The summed E-state index contributed by atoms with van der Waals surface area (Å²) >= 11 is 0. The van der Waals surface area contributed by atoms with E-state index in [2.05, 4.69) is 22.3 Å². The maximum atomic E-state index is 12.6. The van der Waals surface area contributed by atoms with E-state index >= 15 is 0 Å². The van der Waals surface area contributed by atoms with Gasteiger partial charge in [0.05, 0.1) is 27.9 Å². The van der Waals surface area contributed by atoms with E-state index in [9.17, 15) is 4.79 Å². The van der Waals surface area contributed by atoms with Crippen LogP contribution >= 0.6 is 0 Å². The monoisotopic (exact) mass is 398 g/mol. The number of carbonyl (C=O) groups is 1. The number of ether oxygens (including phenoxy) is 3. The third kappa shape index (κ3) is 5.28. The molecule has 0 spiro atoms. The van der Waals surface area contributed by atoms with Crippen molar-refractivity contribution in [3.05, 3.63) is 53.6 Å². The number of carbonyl (C=O) groups excluding carboxylic acids is 1. The number of nitrogens with one attached hydrogen (secondary N) is 1. The summed E-state index contributed by atoms with van der Waals surface area (Å²) in [4.78, 5) is 15.1. The quantitative estimate of drug-likeness (QED) is 0.620. The Bertz CT molecular complexity index is 801. The molecule has 0 saturated carbocycles. The summed E-state index contributed by atoms with van der Waals surface area (Å²) < 4.78 is 15.8. The number of methoxy groups -OCH3 is 3. The summed E-state index contributed by atoms with van der Waals surface area (Å²) in [5.41, 5.74) is 1.84. The third-order valence-corrected chi connectivity index (χ3v) is 5.41. The molecule has 1 N–H and O–H groups in total. The van der Waals surface area contributed by atoms with Crippen LogP contribution in [-0.2, 0) is 0 Å². The molecule has 1 aliphatic heterocycles. The number of nitrogens with zero attached hydrogens (tertiary/aromatic N) is 1. The Morgan fingerprint density at radius 3 is 2.28 bits per heavy atom. The molecule has 1 saturated heterocycles. The van der Waals surface area contributed by atoms with Crippen molar-refractivity contribution in [1.29, 1.82) is 0 Å². The Labute approximate surface area is 172 Å². The molecule has 6 nitrogen and oxygen atoms in total. The smallest absolute Gasteiger partial charge is 0.176 e. The number of benzene rings is 2. The average molecular weight is 399 g/mol. The third-order valence-electron chi connectivity index (χ3n) is 5.41. The molecule has 29 heavy (non-hydrogen) atoms. The first-order valence-electron chi connectivity index (χ1n) is 10.00. The highest BCUT2D eigenvalue weighted by Crippen LogP contribution is 2.28. The lowest BCUT2D eigenvalue weighted by Gasteiger charge is -2.28. The average Bonchev–Trinajstić information content (AvgIpc) is 3.30. The van der Waals surface area contributed by atoms with E-state index in [1.807, 2.05) is 12.1 Å². The van der Waals surface area contributed by atoms with E-state index in [4.69, 9.17) is 14.2 Å². The van der Waals surface area contributed by atoms with Crippen molar-refractivity contribution in [3.63, 3.8) is 0 Å². The summed E-state index contributed by atoms with van der Waals surface area (Å²) in [6.45, 7) is 3.16. The minimum absolute atomic E-state index is 0.0286. The highest BCUT2D eigenvalue weighted by atomic mass is 16.5. The lowest BCUT2D eigenvalue weighted by Crippen LogP contribution is -2.36. The van der Waals surface area contributed by atoms with E-state index in [0.717, 1.165) is 18.8 Å². The standard InChI is InChI=1S/C23H30N2O4/c1-27-19-9-6-17(7-10-19)20(25-12-4-5-13-25)15-24-16-21(26)18-8-11-22(28-2)23(14-18)29-3/h6-11,14,20,24H,4-5,12-13,15-16H2,1-3H3. The summed E-state index contributed by atoms with van der Waals surface area (Å²) in [6, 6.07) is 13.7. The number of hydrogen-bond acceptors (Lipinski definition) is 6. The van der Waals surface area contributed by atoms with Gasteiger partial charge in [-0.25, -0.2) is 0 Å². The molecule has 0 amide bonds. The van der Waals surface area contributed by atoms with Gasteiger partial charge in [0.2, 0.25) is 0 Å². The minimum atomic E-state index is 0.0286. The predicted molar refractivity (Wildman–Crippen MR) is 113 cm³/mol. The summed E-state index contributed by atoms with van der Waals surface area (Å²) in [5, 5.41) is 3.36. The van der Waals surface area contributed by atoms with Crippen LogP contribution in [-0.4, -0.2) is 58.2 Å². The van der Waals surface area contributed by atoms with Crippen LogP contribution < -0.4 is 19.5 Å². The molecule has 0 radical (unpaired) electrons. The zero-order chi connectivity index (χ0) is 20.6. The van der Waals surface area contributed by atoms with Crippen LogP contribution in [0.2, 0.25) is 0 Å². The van der Waals surface area contributed by atoms with Gasteiger partial charge in [0, 0.05) is 18.2 Å². The largest absolute Gasteiger partial charge is 0.497 e. The maximum absolute atomic E-state index is 12.6. The van der Waals surface area contributed by atoms with E-state index < -0.39 is 0 Å². The summed E-state index contributed by atoms with van der Waals surface area (Å²) in [5.74, 6) is 2.06. The summed E-state index contributed by atoms with van der Waals surface area (Å²) in [7, 11) is 4.83. The molecule has 156 valence electrons. The van der Waals surface area contributed by atoms with Crippen LogP contribution in [0.15, 0.2) is 42.5 Å². The molecule has 1 heterocycles.